The van der Waals surface area contributed by atoms with E-state index in [0.717, 1.165) is 50.0 Å². The Balaban J connectivity index is 2.90. The second-order valence-corrected chi connectivity index (χ2v) is 6.25. The van der Waals surface area contributed by atoms with Crippen LogP contribution < -0.4 is 5.73 Å². The first kappa shape index (κ1) is 17.5. The molecule has 1 aromatic carbocycles. The lowest BCUT2D eigenvalue weighted by Crippen LogP contribution is -2.44. The zero-order valence-electron chi connectivity index (χ0n) is 14.0. The molecule has 0 aliphatic heterocycles. The van der Waals surface area contributed by atoms with E-state index >= 15 is 0 Å². The number of nitrogens with zero attached hydrogens (tertiary/aromatic N) is 1. The average Bonchev–Trinajstić information content (AvgIpc) is 2.47. The number of unbranched alkanes of at least 4 members (excludes halogenated alkanes) is 2. The Bertz CT molecular complexity index is 429. The number of benzene rings is 1. The summed E-state index contributed by atoms with van der Waals surface area (Å²) < 4.78 is 0. The van der Waals surface area contributed by atoms with Crippen LogP contribution in [0.4, 0.5) is 5.69 Å². The third kappa shape index (κ3) is 4.76. The molecular weight excluding hydrogens is 260 g/mol. The normalized spacial score (nSPS) is 11.4. The Morgan fingerprint density at radius 1 is 1.05 bits per heavy atom. The zero-order chi connectivity index (χ0) is 15.9. The van der Waals surface area contributed by atoms with Crippen molar-refractivity contribution in [1.29, 1.82) is 0 Å². The molecule has 3 heteroatoms. The minimum atomic E-state index is -0.505. The number of rotatable bonds is 8. The summed E-state index contributed by atoms with van der Waals surface area (Å²) in [6, 6.07) is 7.66. The number of anilines is 1. The van der Waals surface area contributed by atoms with Crippen LogP contribution in [-0.2, 0) is 10.2 Å². The van der Waals surface area contributed by atoms with Gasteiger partial charge in [-0.2, -0.15) is 0 Å². The van der Waals surface area contributed by atoms with Crippen LogP contribution in [0.2, 0.25) is 0 Å². The maximum absolute atomic E-state index is 13.0. The molecule has 21 heavy (non-hydrogen) atoms. The molecule has 3 nitrogen and oxygen atoms in total. The fourth-order valence-corrected chi connectivity index (χ4v) is 2.43. The van der Waals surface area contributed by atoms with E-state index in [1.807, 2.05) is 43.0 Å². The van der Waals surface area contributed by atoms with Crippen LogP contribution in [0, 0.1) is 0 Å². The van der Waals surface area contributed by atoms with Crippen LogP contribution in [0.1, 0.15) is 58.9 Å². The van der Waals surface area contributed by atoms with E-state index in [1.54, 1.807) is 0 Å². The minimum absolute atomic E-state index is 0.217. The molecule has 1 amide bonds. The van der Waals surface area contributed by atoms with Gasteiger partial charge in [-0.1, -0.05) is 38.8 Å². The molecule has 0 fully saturated rings. The standard InChI is InChI=1S/C18H30N2O/c1-5-7-13-20(14-8-6-2)17(21)18(3,4)15-9-11-16(19)12-10-15/h9-12H,5-8,13-14,19H2,1-4H3. The molecule has 0 bridgehead atoms. The summed E-state index contributed by atoms with van der Waals surface area (Å²) in [5.41, 5.74) is 7.00. The molecule has 0 spiro atoms. The Hall–Kier alpha value is -1.51. The highest BCUT2D eigenvalue weighted by Gasteiger charge is 2.33. The van der Waals surface area contributed by atoms with E-state index in [0.29, 0.717) is 0 Å². The lowest BCUT2D eigenvalue weighted by atomic mass is 9.83. The predicted octanol–water partition coefficient (Wildman–Crippen LogP) is 3.98. The van der Waals surface area contributed by atoms with E-state index in [2.05, 4.69) is 13.8 Å². The topological polar surface area (TPSA) is 46.3 Å². The van der Waals surface area contributed by atoms with Crippen molar-refractivity contribution in [1.82, 2.24) is 4.90 Å². The van der Waals surface area contributed by atoms with E-state index < -0.39 is 5.41 Å². The molecule has 2 N–H and O–H groups in total. The first-order valence-electron chi connectivity index (χ1n) is 8.08. The van der Waals surface area contributed by atoms with Gasteiger partial charge in [0.25, 0.3) is 0 Å². The van der Waals surface area contributed by atoms with Gasteiger partial charge in [-0.3, -0.25) is 4.79 Å². The summed E-state index contributed by atoms with van der Waals surface area (Å²) in [5, 5.41) is 0. The fraction of sp³-hybridized carbons (Fsp3) is 0.611. The molecule has 0 atom stereocenters. The number of carbonyl (C=O) groups excluding carboxylic acids is 1. The molecule has 1 aromatic rings. The lowest BCUT2D eigenvalue weighted by molar-refractivity contribution is -0.136. The van der Waals surface area contributed by atoms with Crippen LogP contribution >= 0.6 is 0 Å². The van der Waals surface area contributed by atoms with Gasteiger partial charge in [0.1, 0.15) is 0 Å². The fourth-order valence-electron chi connectivity index (χ4n) is 2.43. The summed E-state index contributed by atoms with van der Waals surface area (Å²) in [4.78, 5) is 15.0. The highest BCUT2D eigenvalue weighted by atomic mass is 16.2. The van der Waals surface area contributed by atoms with E-state index in [1.165, 1.54) is 0 Å². The van der Waals surface area contributed by atoms with Crippen LogP contribution in [0.5, 0.6) is 0 Å². The first-order valence-corrected chi connectivity index (χ1v) is 8.08. The van der Waals surface area contributed by atoms with E-state index in [4.69, 9.17) is 5.73 Å². The Kier molecular flexibility index (Phi) is 6.73. The van der Waals surface area contributed by atoms with Crippen molar-refractivity contribution < 1.29 is 4.79 Å². The molecule has 0 saturated heterocycles. The third-order valence-electron chi connectivity index (χ3n) is 4.02. The number of hydrogen-bond acceptors (Lipinski definition) is 2. The summed E-state index contributed by atoms with van der Waals surface area (Å²) in [5.74, 6) is 0.217. The van der Waals surface area contributed by atoms with Crippen molar-refractivity contribution in [2.75, 3.05) is 18.8 Å². The van der Waals surface area contributed by atoms with Gasteiger partial charge in [-0.05, 0) is 44.4 Å². The summed E-state index contributed by atoms with van der Waals surface area (Å²) >= 11 is 0. The van der Waals surface area contributed by atoms with Crippen molar-refractivity contribution in [3.05, 3.63) is 29.8 Å². The molecule has 0 aliphatic carbocycles. The SMILES string of the molecule is CCCCN(CCCC)C(=O)C(C)(C)c1ccc(N)cc1. The van der Waals surface area contributed by atoms with Gasteiger partial charge >= 0.3 is 0 Å². The van der Waals surface area contributed by atoms with E-state index in [-0.39, 0.29) is 5.91 Å². The number of amides is 1. The van der Waals surface area contributed by atoms with Crippen LogP contribution in [-0.4, -0.2) is 23.9 Å². The Morgan fingerprint density at radius 3 is 1.95 bits per heavy atom. The molecular formula is C18H30N2O. The molecule has 0 saturated carbocycles. The summed E-state index contributed by atoms with van der Waals surface area (Å²) in [6.45, 7) is 10.0. The van der Waals surface area contributed by atoms with Crippen LogP contribution in [0.3, 0.4) is 0 Å². The Morgan fingerprint density at radius 2 is 1.52 bits per heavy atom. The van der Waals surface area contributed by atoms with Crippen molar-refractivity contribution in [3.8, 4) is 0 Å². The smallest absolute Gasteiger partial charge is 0.232 e. The average molecular weight is 290 g/mol. The predicted molar refractivity (Wildman–Crippen MR) is 90.3 cm³/mol. The van der Waals surface area contributed by atoms with Crippen molar-refractivity contribution in [2.24, 2.45) is 0 Å². The second kappa shape index (κ2) is 8.06. The van der Waals surface area contributed by atoms with Gasteiger partial charge in [0.05, 0.1) is 5.41 Å². The molecule has 0 aromatic heterocycles. The molecule has 0 heterocycles. The van der Waals surface area contributed by atoms with Gasteiger partial charge in [-0.15, -0.1) is 0 Å². The molecule has 0 radical (unpaired) electrons. The highest BCUT2D eigenvalue weighted by molar-refractivity contribution is 5.87. The van der Waals surface area contributed by atoms with Gasteiger partial charge in [-0.25, -0.2) is 0 Å². The minimum Gasteiger partial charge on any atom is -0.399 e. The van der Waals surface area contributed by atoms with Gasteiger partial charge in [0.2, 0.25) is 5.91 Å². The molecule has 1 rings (SSSR count). The van der Waals surface area contributed by atoms with Gasteiger partial charge < -0.3 is 10.6 Å². The van der Waals surface area contributed by atoms with Crippen LogP contribution in [0.25, 0.3) is 0 Å². The number of hydrogen-bond donors (Lipinski definition) is 1. The lowest BCUT2D eigenvalue weighted by Gasteiger charge is -2.32. The molecule has 0 aliphatic rings. The van der Waals surface area contributed by atoms with Gasteiger partial charge in [0, 0.05) is 18.8 Å². The van der Waals surface area contributed by atoms with Crippen molar-refractivity contribution in [3.63, 3.8) is 0 Å². The van der Waals surface area contributed by atoms with Gasteiger partial charge in [0.15, 0.2) is 0 Å². The zero-order valence-corrected chi connectivity index (χ0v) is 14.0. The highest BCUT2D eigenvalue weighted by Crippen LogP contribution is 2.27. The number of nitrogens with two attached hydrogens (primary N) is 1. The van der Waals surface area contributed by atoms with E-state index in [9.17, 15) is 4.79 Å². The number of carbonyl (C=O) groups is 1. The monoisotopic (exact) mass is 290 g/mol. The third-order valence-corrected chi connectivity index (χ3v) is 4.02. The van der Waals surface area contributed by atoms with Crippen molar-refractivity contribution >= 4 is 11.6 Å². The van der Waals surface area contributed by atoms with Crippen molar-refractivity contribution in [2.45, 2.75) is 58.8 Å². The summed E-state index contributed by atoms with van der Waals surface area (Å²) in [7, 11) is 0. The quantitative estimate of drug-likeness (QED) is 0.736. The second-order valence-electron chi connectivity index (χ2n) is 6.25. The first-order chi connectivity index (χ1) is 9.93. The Labute approximate surface area is 129 Å². The molecule has 118 valence electrons. The molecule has 0 unspecified atom stereocenters. The number of nitrogen functional groups attached to an aromatic ring is 1. The maximum Gasteiger partial charge on any atom is 0.232 e. The largest absolute Gasteiger partial charge is 0.399 e. The van der Waals surface area contributed by atoms with Crippen LogP contribution in [0.15, 0.2) is 24.3 Å². The summed E-state index contributed by atoms with van der Waals surface area (Å²) in [6.07, 6.45) is 4.34. The maximum atomic E-state index is 13.0.